The standard InChI is InChI=1S/C57H110O6/c1-7-52(5)44-38-32-26-20-17-18-21-28-34-40-46-55(58)61-49-54(50-62-56(59)47-41-35-29-24-23-27-33-39-45-53(6)8-2)63-57(60)48-42-36-30-22-16-14-12-10-9-11-13-15-19-25-31-37-43-51(3)4/h51-54H,7-50H2,1-6H3/t52?,53?,54-/m0/s1. The second kappa shape index (κ2) is 48.3. The Hall–Kier alpha value is -1.59. The van der Waals surface area contributed by atoms with Gasteiger partial charge in [0.05, 0.1) is 0 Å². The average Bonchev–Trinajstić information content (AvgIpc) is 3.27. The van der Waals surface area contributed by atoms with Gasteiger partial charge in [-0.2, -0.15) is 0 Å². The van der Waals surface area contributed by atoms with Gasteiger partial charge >= 0.3 is 17.9 Å². The number of rotatable bonds is 50. The van der Waals surface area contributed by atoms with Crippen molar-refractivity contribution in [1.82, 2.24) is 0 Å². The molecule has 63 heavy (non-hydrogen) atoms. The molecule has 0 aromatic carbocycles. The largest absolute Gasteiger partial charge is 0.462 e. The molecule has 0 N–H and O–H groups in total. The Morgan fingerprint density at radius 1 is 0.317 bits per heavy atom. The van der Waals surface area contributed by atoms with Crippen molar-refractivity contribution in [1.29, 1.82) is 0 Å². The first-order valence-corrected chi connectivity index (χ1v) is 28.2. The Morgan fingerprint density at radius 3 is 0.825 bits per heavy atom. The molecule has 0 fully saturated rings. The summed E-state index contributed by atoms with van der Waals surface area (Å²) in [6, 6.07) is 0. The van der Waals surface area contributed by atoms with Crippen molar-refractivity contribution in [3.8, 4) is 0 Å². The molecule has 0 aromatic heterocycles. The monoisotopic (exact) mass is 891 g/mol. The number of hydrogen-bond acceptors (Lipinski definition) is 6. The van der Waals surface area contributed by atoms with Crippen molar-refractivity contribution in [3.05, 3.63) is 0 Å². The highest BCUT2D eigenvalue weighted by Gasteiger charge is 2.19. The van der Waals surface area contributed by atoms with Crippen molar-refractivity contribution in [2.45, 2.75) is 317 Å². The maximum atomic E-state index is 12.8. The van der Waals surface area contributed by atoms with Gasteiger partial charge in [-0.1, -0.05) is 273 Å². The third-order valence-corrected chi connectivity index (χ3v) is 13.6. The van der Waals surface area contributed by atoms with Gasteiger partial charge in [-0.15, -0.1) is 0 Å². The van der Waals surface area contributed by atoms with Crippen LogP contribution in [0.4, 0.5) is 0 Å². The summed E-state index contributed by atoms with van der Waals surface area (Å²) in [5.74, 6) is 1.72. The minimum atomic E-state index is -0.764. The molecule has 0 saturated heterocycles. The zero-order chi connectivity index (χ0) is 46.3. The van der Waals surface area contributed by atoms with Crippen molar-refractivity contribution >= 4 is 17.9 Å². The van der Waals surface area contributed by atoms with Gasteiger partial charge < -0.3 is 14.2 Å². The van der Waals surface area contributed by atoms with Gasteiger partial charge in [0.2, 0.25) is 0 Å². The van der Waals surface area contributed by atoms with Gasteiger partial charge in [0, 0.05) is 19.3 Å². The number of carbonyl (C=O) groups is 3. The summed E-state index contributed by atoms with van der Waals surface area (Å²) in [6.07, 6.45) is 49.4. The van der Waals surface area contributed by atoms with Crippen molar-refractivity contribution in [2.75, 3.05) is 13.2 Å². The zero-order valence-corrected chi connectivity index (χ0v) is 43.4. The van der Waals surface area contributed by atoms with E-state index >= 15 is 0 Å². The Labute approximate surface area is 393 Å². The fourth-order valence-corrected chi connectivity index (χ4v) is 8.58. The molecule has 3 atom stereocenters. The lowest BCUT2D eigenvalue weighted by Crippen LogP contribution is -2.30. The summed E-state index contributed by atoms with van der Waals surface area (Å²) >= 11 is 0. The van der Waals surface area contributed by atoms with E-state index in [9.17, 15) is 14.4 Å². The fraction of sp³-hybridized carbons (Fsp3) is 0.947. The lowest BCUT2D eigenvalue weighted by molar-refractivity contribution is -0.167. The van der Waals surface area contributed by atoms with Gasteiger partial charge in [-0.05, 0) is 37.0 Å². The predicted octanol–water partition coefficient (Wildman–Crippen LogP) is 18.3. The third kappa shape index (κ3) is 48.2. The molecule has 0 bridgehead atoms. The number of hydrogen-bond donors (Lipinski definition) is 0. The van der Waals surface area contributed by atoms with E-state index in [1.807, 2.05) is 0 Å². The van der Waals surface area contributed by atoms with Crippen LogP contribution in [0.2, 0.25) is 0 Å². The van der Waals surface area contributed by atoms with Gasteiger partial charge in [0.1, 0.15) is 13.2 Å². The maximum absolute atomic E-state index is 12.8. The van der Waals surface area contributed by atoms with Crippen LogP contribution in [0.3, 0.4) is 0 Å². The molecule has 0 amide bonds. The van der Waals surface area contributed by atoms with Crippen molar-refractivity contribution < 1.29 is 28.6 Å². The normalized spacial score (nSPS) is 13.0. The van der Waals surface area contributed by atoms with Crippen LogP contribution >= 0.6 is 0 Å². The highest BCUT2D eigenvalue weighted by Crippen LogP contribution is 2.19. The molecule has 6 heteroatoms. The topological polar surface area (TPSA) is 78.9 Å². The molecule has 0 aliphatic rings. The Morgan fingerprint density at radius 2 is 0.556 bits per heavy atom. The first-order valence-electron chi connectivity index (χ1n) is 28.2. The maximum Gasteiger partial charge on any atom is 0.306 e. The van der Waals surface area contributed by atoms with Crippen LogP contribution in [0.1, 0.15) is 311 Å². The molecule has 6 nitrogen and oxygen atoms in total. The summed E-state index contributed by atoms with van der Waals surface area (Å²) in [5, 5.41) is 0. The summed E-state index contributed by atoms with van der Waals surface area (Å²) in [6.45, 7) is 13.8. The molecular formula is C57H110O6. The van der Waals surface area contributed by atoms with Gasteiger partial charge in [-0.3, -0.25) is 14.4 Å². The van der Waals surface area contributed by atoms with E-state index < -0.39 is 6.10 Å². The van der Waals surface area contributed by atoms with Crippen LogP contribution in [0.15, 0.2) is 0 Å². The lowest BCUT2D eigenvalue weighted by Gasteiger charge is -2.18. The number of unbranched alkanes of at least 4 members (excludes halogenated alkanes) is 31. The van der Waals surface area contributed by atoms with Crippen molar-refractivity contribution in [3.63, 3.8) is 0 Å². The van der Waals surface area contributed by atoms with Crippen LogP contribution in [-0.2, 0) is 28.6 Å². The third-order valence-electron chi connectivity index (χ3n) is 13.6. The Kier molecular flexibility index (Phi) is 47.1. The molecule has 0 saturated carbocycles. The molecule has 374 valence electrons. The molecule has 2 unspecified atom stereocenters. The summed E-state index contributed by atoms with van der Waals surface area (Å²) in [4.78, 5) is 38.1. The Balaban J connectivity index is 4.30. The zero-order valence-electron chi connectivity index (χ0n) is 43.4. The van der Waals surface area contributed by atoms with E-state index in [2.05, 4.69) is 41.5 Å². The fourth-order valence-electron chi connectivity index (χ4n) is 8.58. The molecule has 0 spiro atoms. The van der Waals surface area contributed by atoms with E-state index in [0.717, 1.165) is 75.5 Å². The van der Waals surface area contributed by atoms with Gasteiger partial charge in [0.15, 0.2) is 6.10 Å². The highest BCUT2D eigenvalue weighted by molar-refractivity contribution is 5.71. The first-order chi connectivity index (χ1) is 30.7. The first kappa shape index (κ1) is 61.4. The van der Waals surface area contributed by atoms with Crippen molar-refractivity contribution in [2.24, 2.45) is 17.8 Å². The molecule has 0 rings (SSSR count). The molecule has 0 heterocycles. The van der Waals surface area contributed by atoms with Crippen LogP contribution in [0, 0.1) is 17.8 Å². The summed E-state index contributed by atoms with van der Waals surface area (Å²) in [7, 11) is 0. The number of esters is 3. The molecule has 0 aliphatic heterocycles. The number of carbonyl (C=O) groups excluding carboxylic acids is 3. The Bertz CT molecular complexity index is 980. The second-order valence-electron chi connectivity index (χ2n) is 20.5. The van der Waals surface area contributed by atoms with Gasteiger partial charge in [-0.25, -0.2) is 0 Å². The lowest BCUT2D eigenvalue weighted by atomic mass is 9.99. The van der Waals surface area contributed by atoms with Gasteiger partial charge in [0.25, 0.3) is 0 Å². The van der Waals surface area contributed by atoms with Crippen LogP contribution in [0.5, 0.6) is 0 Å². The van der Waals surface area contributed by atoms with Crippen LogP contribution < -0.4 is 0 Å². The summed E-state index contributed by atoms with van der Waals surface area (Å²) < 4.78 is 16.9. The second-order valence-corrected chi connectivity index (χ2v) is 20.5. The minimum absolute atomic E-state index is 0.0644. The molecule has 0 radical (unpaired) electrons. The molecule has 0 aromatic rings. The molecular weight excluding hydrogens is 781 g/mol. The van der Waals surface area contributed by atoms with E-state index in [4.69, 9.17) is 14.2 Å². The minimum Gasteiger partial charge on any atom is -0.462 e. The summed E-state index contributed by atoms with van der Waals surface area (Å²) in [5.41, 5.74) is 0. The van der Waals surface area contributed by atoms with Crippen LogP contribution in [0.25, 0.3) is 0 Å². The highest BCUT2D eigenvalue weighted by atomic mass is 16.6. The smallest absolute Gasteiger partial charge is 0.306 e. The predicted molar refractivity (Wildman–Crippen MR) is 270 cm³/mol. The molecule has 0 aliphatic carbocycles. The van der Waals surface area contributed by atoms with E-state index in [0.29, 0.717) is 19.3 Å². The van der Waals surface area contributed by atoms with E-state index in [1.54, 1.807) is 0 Å². The number of ether oxygens (including phenoxy) is 3. The van der Waals surface area contributed by atoms with Crippen LogP contribution in [-0.4, -0.2) is 37.2 Å². The quantitative estimate of drug-likeness (QED) is 0.0344. The van der Waals surface area contributed by atoms with E-state index in [1.165, 1.54) is 193 Å². The average molecular weight is 892 g/mol. The SMILES string of the molecule is CCC(C)CCCCCCCCCCCCC(=O)OC[C@@H](COC(=O)CCCCCCCCCCC(C)CC)OC(=O)CCCCCCCCCCCCCCCCCCC(C)C. The van der Waals surface area contributed by atoms with E-state index in [-0.39, 0.29) is 31.1 Å².